The van der Waals surface area contributed by atoms with Gasteiger partial charge in [-0.05, 0) is 36.6 Å². The van der Waals surface area contributed by atoms with Crippen molar-refractivity contribution in [3.05, 3.63) is 29.3 Å². The van der Waals surface area contributed by atoms with Crippen molar-refractivity contribution in [1.29, 1.82) is 0 Å². The summed E-state index contributed by atoms with van der Waals surface area (Å²) in [5, 5.41) is 2.91. The van der Waals surface area contributed by atoms with E-state index >= 15 is 0 Å². The molecule has 1 heterocycles. The highest BCUT2D eigenvalue weighted by molar-refractivity contribution is 6.07. The second kappa shape index (κ2) is 3.32. The quantitative estimate of drug-likeness (QED) is 0.768. The molecule has 4 nitrogen and oxygen atoms in total. The monoisotopic (exact) mass is 230 g/mol. The van der Waals surface area contributed by atoms with Gasteiger partial charge < -0.3 is 11.1 Å². The number of amides is 2. The van der Waals surface area contributed by atoms with Gasteiger partial charge in [-0.1, -0.05) is 12.8 Å². The predicted octanol–water partition coefficient (Wildman–Crippen LogP) is 1.55. The first-order valence-electron chi connectivity index (χ1n) is 5.89. The maximum atomic E-state index is 12.1. The Balaban J connectivity index is 2.16. The smallest absolute Gasteiger partial charge is 0.248 e. The molecule has 0 unspecified atom stereocenters. The van der Waals surface area contributed by atoms with Gasteiger partial charge in [-0.2, -0.15) is 0 Å². The molecule has 4 heteroatoms. The number of carbonyl (C=O) groups is 2. The lowest BCUT2D eigenvalue weighted by Crippen LogP contribution is -2.31. The summed E-state index contributed by atoms with van der Waals surface area (Å²) < 4.78 is 0. The number of hydrogen-bond acceptors (Lipinski definition) is 2. The summed E-state index contributed by atoms with van der Waals surface area (Å²) in [7, 11) is 0. The topological polar surface area (TPSA) is 72.2 Å². The highest BCUT2D eigenvalue weighted by Gasteiger charge is 2.48. The van der Waals surface area contributed by atoms with E-state index in [9.17, 15) is 9.59 Å². The molecule has 0 aromatic heterocycles. The van der Waals surface area contributed by atoms with Crippen LogP contribution in [-0.2, 0) is 10.2 Å². The fourth-order valence-corrected chi connectivity index (χ4v) is 3.04. The van der Waals surface area contributed by atoms with Gasteiger partial charge in [0.15, 0.2) is 0 Å². The number of carbonyl (C=O) groups excluding carboxylic acids is 2. The number of primary amides is 1. The Morgan fingerprint density at radius 1 is 1.29 bits per heavy atom. The first-order chi connectivity index (χ1) is 8.13. The molecule has 1 aromatic rings. The van der Waals surface area contributed by atoms with Crippen LogP contribution in [0.4, 0.5) is 5.69 Å². The fourth-order valence-electron chi connectivity index (χ4n) is 3.04. The van der Waals surface area contributed by atoms with E-state index in [2.05, 4.69) is 5.32 Å². The van der Waals surface area contributed by atoms with Crippen LogP contribution in [0.2, 0.25) is 0 Å². The Bertz CT molecular complexity index is 516. The molecule has 1 aromatic carbocycles. The largest absolute Gasteiger partial charge is 0.366 e. The third-order valence-electron chi connectivity index (χ3n) is 3.96. The third kappa shape index (κ3) is 1.30. The van der Waals surface area contributed by atoms with Gasteiger partial charge in [-0.25, -0.2) is 0 Å². The molecule has 3 N–H and O–H groups in total. The number of nitrogens with two attached hydrogens (primary N) is 1. The van der Waals surface area contributed by atoms with Crippen molar-refractivity contribution in [3.8, 4) is 0 Å². The Morgan fingerprint density at radius 2 is 2.00 bits per heavy atom. The molecule has 1 spiro atoms. The van der Waals surface area contributed by atoms with Crippen LogP contribution in [-0.4, -0.2) is 11.8 Å². The van der Waals surface area contributed by atoms with E-state index in [-0.39, 0.29) is 5.91 Å². The minimum Gasteiger partial charge on any atom is -0.366 e. The molecule has 2 aliphatic rings. The van der Waals surface area contributed by atoms with Crippen molar-refractivity contribution < 1.29 is 9.59 Å². The van der Waals surface area contributed by atoms with Crippen LogP contribution in [0.3, 0.4) is 0 Å². The van der Waals surface area contributed by atoms with Crippen LogP contribution in [0, 0.1) is 0 Å². The van der Waals surface area contributed by atoms with Crippen LogP contribution in [0.15, 0.2) is 18.2 Å². The van der Waals surface area contributed by atoms with Gasteiger partial charge in [0.25, 0.3) is 0 Å². The molecular weight excluding hydrogens is 216 g/mol. The zero-order valence-corrected chi connectivity index (χ0v) is 9.45. The third-order valence-corrected chi connectivity index (χ3v) is 3.96. The highest BCUT2D eigenvalue weighted by atomic mass is 16.2. The molecule has 0 bridgehead atoms. The maximum Gasteiger partial charge on any atom is 0.248 e. The molecular formula is C13H14N2O2. The Kier molecular flexibility index (Phi) is 2.02. The average molecular weight is 230 g/mol. The first-order valence-corrected chi connectivity index (χ1v) is 5.89. The minimum absolute atomic E-state index is 0.0756. The summed E-state index contributed by atoms with van der Waals surface area (Å²) in [5.41, 5.74) is 7.15. The second-order valence-electron chi connectivity index (χ2n) is 4.87. The molecule has 1 aliphatic heterocycles. The van der Waals surface area contributed by atoms with Gasteiger partial charge in [0, 0.05) is 11.3 Å². The molecule has 1 saturated carbocycles. The predicted molar refractivity (Wildman–Crippen MR) is 63.7 cm³/mol. The number of nitrogens with one attached hydrogen (secondary N) is 1. The fraction of sp³-hybridized carbons (Fsp3) is 0.385. The molecule has 0 atom stereocenters. The zero-order valence-electron chi connectivity index (χ0n) is 9.45. The van der Waals surface area contributed by atoms with E-state index < -0.39 is 11.3 Å². The molecule has 2 amide bonds. The number of fused-ring (bicyclic) bond motifs is 2. The lowest BCUT2D eigenvalue weighted by molar-refractivity contribution is -0.120. The van der Waals surface area contributed by atoms with Gasteiger partial charge in [0.1, 0.15) is 0 Å². The van der Waals surface area contributed by atoms with Crippen LogP contribution < -0.4 is 11.1 Å². The molecule has 88 valence electrons. The Hall–Kier alpha value is -1.84. The summed E-state index contributed by atoms with van der Waals surface area (Å²) in [6, 6.07) is 5.22. The Labute approximate surface area is 99.2 Å². The van der Waals surface area contributed by atoms with Crippen molar-refractivity contribution in [2.24, 2.45) is 5.73 Å². The van der Waals surface area contributed by atoms with Gasteiger partial charge in [0.05, 0.1) is 5.41 Å². The van der Waals surface area contributed by atoms with Crippen molar-refractivity contribution in [1.82, 2.24) is 0 Å². The highest BCUT2D eigenvalue weighted by Crippen LogP contribution is 2.48. The number of hydrogen-bond donors (Lipinski definition) is 2. The van der Waals surface area contributed by atoms with Crippen molar-refractivity contribution in [2.75, 3.05) is 5.32 Å². The van der Waals surface area contributed by atoms with Crippen molar-refractivity contribution in [3.63, 3.8) is 0 Å². The van der Waals surface area contributed by atoms with E-state index in [1.807, 2.05) is 0 Å². The minimum atomic E-state index is -0.444. The van der Waals surface area contributed by atoms with E-state index in [1.165, 1.54) is 0 Å². The van der Waals surface area contributed by atoms with Gasteiger partial charge in [-0.15, -0.1) is 0 Å². The number of benzene rings is 1. The molecule has 3 rings (SSSR count). The Morgan fingerprint density at radius 3 is 2.65 bits per heavy atom. The van der Waals surface area contributed by atoms with Gasteiger partial charge >= 0.3 is 0 Å². The second-order valence-corrected chi connectivity index (χ2v) is 4.87. The van der Waals surface area contributed by atoms with Crippen LogP contribution in [0.1, 0.15) is 41.6 Å². The summed E-state index contributed by atoms with van der Waals surface area (Å²) in [4.78, 5) is 23.3. The van der Waals surface area contributed by atoms with Gasteiger partial charge in [-0.3, -0.25) is 9.59 Å². The molecule has 1 fully saturated rings. The van der Waals surface area contributed by atoms with Crippen molar-refractivity contribution in [2.45, 2.75) is 31.1 Å². The lowest BCUT2D eigenvalue weighted by atomic mass is 9.79. The molecule has 17 heavy (non-hydrogen) atoms. The lowest BCUT2D eigenvalue weighted by Gasteiger charge is -2.20. The van der Waals surface area contributed by atoms with Gasteiger partial charge in [0.2, 0.25) is 11.8 Å². The zero-order chi connectivity index (χ0) is 12.0. The normalized spacial score (nSPS) is 20.4. The summed E-state index contributed by atoms with van der Waals surface area (Å²) in [6.45, 7) is 0. The maximum absolute atomic E-state index is 12.1. The number of anilines is 1. The van der Waals surface area contributed by atoms with E-state index in [0.717, 1.165) is 36.9 Å². The van der Waals surface area contributed by atoms with Crippen molar-refractivity contribution >= 4 is 17.5 Å². The van der Waals surface area contributed by atoms with Crippen LogP contribution in [0.5, 0.6) is 0 Å². The molecule has 0 radical (unpaired) electrons. The average Bonchev–Trinajstić information content (AvgIpc) is 2.88. The summed E-state index contributed by atoms with van der Waals surface area (Å²) >= 11 is 0. The summed E-state index contributed by atoms with van der Waals surface area (Å²) in [5.74, 6) is -0.369. The number of rotatable bonds is 1. The SMILES string of the molecule is NC(=O)c1ccc2c(c1)C1(CCCC1)C(=O)N2. The first kappa shape index (κ1) is 10.3. The molecule has 1 aliphatic carbocycles. The van der Waals surface area contributed by atoms with Crippen LogP contribution >= 0.6 is 0 Å². The van der Waals surface area contributed by atoms with E-state index in [1.54, 1.807) is 18.2 Å². The van der Waals surface area contributed by atoms with E-state index in [4.69, 9.17) is 5.73 Å². The standard InChI is InChI=1S/C13H14N2O2/c14-11(16)8-3-4-10-9(7-8)13(12(17)15-10)5-1-2-6-13/h3-4,7H,1-2,5-6H2,(H2,14,16)(H,15,17). The van der Waals surface area contributed by atoms with E-state index in [0.29, 0.717) is 5.56 Å². The van der Waals surface area contributed by atoms with Crippen LogP contribution in [0.25, 0.3) is 0 Å². The molecule has 0 saturated heterocycles. The summed E-state index contributed by atoms with van der Waals surface area (Å²) in [6.07, 6.45) is 3.86.